The van der Waals surface area contributed by atoms with E-state index in [0.717, 1.165) is 36.1 Å². The molecule has 3 nitrogen and oxygen atoms in total. The predicted octanol–water partition coefficient (Wildman–Crippen LogP) is 4.04. The Bertz CT molecular complexity index is 566. The minimum absolute atomic E-state index is 0.400. The topological polar surface area (TPSA) is 35.3 Å². The van der Waals surface area contributed by atoms with Gasteiger partial charge in [0.05, 0.1) is 0 Å². The molecule has 1 aromatic rings. The predicted molar refractivity (Wildman–Crippen MR) is 70.9 cm³/mol. The van der Waals surface area contributed by atoms with Crippen LogP contribution in [0.3, 0.4) is 0 Å². The summed E-state index contributed by atoms with van der Waals surface area (Å²) in [7, 11) is 0. The molecule has 0 saturated heterocycles. The van der Waals surface area contributed by atoms with Crippen LogP contribution < -0.4 is 0 Å². The molecule has 1 heterocycles. The molecule has 0 aromatic heterocycles. The average molecular weight is 284 g/mol. The first-order valence-corrected chi connectivity index (χ1v) is 6.57. The number of nitrogens with zero attached hydrogens (tertiary/aromatic N) is 1. The molecule has 2 aliphatic rings. The summed E-state index contributed by atoms with van der Waals surface area (Å²) >= 11 is 12.0. The van der Waals surface area contributed by atoms with Gasteiger partial charge in [-0.3, -0.25) is 5.21 Å². The van der Waals surface area contributed by atoms with Crippen LogP contribution in [0.15, 0.2) is 29.8 Å². The second-order valence-electron chi connectivity index (χ2n) is 4.41. The van der Waals surface area contributed by atoms with Crippen LogP contribution in [0.25, 0.3) is 0 Å². The maximum absolute atomic E-state index is 11.7. The molecule has 5 heteroatoms. The summed E-state index contributed by atoms with van der Waals surface area (Å²) in [6, 6.07) is 5.22. The zero-order valence-electron chi connectivity index (χ0n) is 9.53. The lowest BCUT2D eigenvalue weighted by Gasteiger charge is -2.16. The smallest absolute Gasteiger partial charge is 0.249 e. The lowest BCUT2D eigenvalue weighted by molar-refractivity contribution is -0.743. The molecular weight excluding hydrogens is 273 g/mol. The van der Waals surface area contributed by atoms with Crippen molar-refractivity contribution < 1.29 is 9.74 Å². The maximum atomic E-state index is 11.7. The van der Waals surface area contributed by atoms with Crippen LogP contribution in [0.4, 0.5) is 0 Å². The van der Waals surface area contributed by atoms with Crippen molar-refractivity contribution in [3.63, 3.8) is 0 Å². The molecule has 0 saturated carbocycles. The molecule has 94 valence electrons. The van der Waals surface area contributed by atoms with E-state index in [0.29, 0.717) is 14.9 Å². The highest BCUT2D eigenvalue weighted by Crippen LogP contribution is 2.39. The number of allylic oxidation sites excluding steroid dienone is 1. The first-order chi connectivity index (χ1) is 8.66. The molecular formula is C13H11Cl2NO2. The Morgan fingerprint density at radius 3 is 2.94 bits per heavy atom. The van der Waals surface area contributed by atoms with Crippen molar-refractivity contribution >= 4 is 28.9 Å². The van der Waals surface area contributed by atoms with E-state index < -0.39 is 6.10 Å². The van der Waals surface area contributed by atoms with Gasteiger partial charge in [-0.05, 0) is 30.5 Å². The van der Waals surface area contributed by atoms with E-state index in [1.165, 1.54) is 0 Å². The fourth-order valence-corrected chi connectivity index (χ4v) is 2.91. The summed E-state index contributed by atoms with van der Waals surface area (Å²) in [5.41, 5.74) is 2.45. The van der Waals surface area contributed by atoms with Crippen molar-refractivity contribution in [1.82, 2.24) is 0 Å². The van der Waals surface area contributed by atoms with Gasteiger partial charge >= 0.3 is 0 Å². The third-order valence-corrected chi connectivity index (χ3v) is 3.83. The molecule has 1 aromatic carbocycles. The van der Waals surface area contributed by atoms with Crippen molar-refractivity contribution in [2.24, 2.45) is 0 Å². The maximum Gasteiger partial charge on any atom is 0.249 e. The Morgan fingerprint density at radius 2 is 2.17 bits per heavy atom. The van der Waals surface area contributed by atoms with E-state index in [-0.39, 0.29) is 0 Å². The zero-order chi connectivity index (χ0) is 12.7. The second-order valence-corrected chi connectivity index (χ2v) is 5.25. The van der Waals surface area contributed by atoms with Gasteiger partial charge in [0.15, 0.2) is 0 Å². The van der Waals surface area contributed by atoms with Crippen molar-refractivity contribution in [2.75, 3.05) is 0 Å². The van der Waals surface area contributed by atoms with Crippen LogP contribution in [0, 0.1) is 5.21 Å². The zero-order valence-corrected chi connectivity index (χ0v) is 11.0. The highest BCUT2D eigenvalue weighted by molar-refractivity contribution is 6.35. The highest BCUT2D eigenvalue weighted by atomic mass is 35.5. The number of fused-ring (bicyclic) bond motifs is 1. The van der Waals surface area contributed by atoms with Crippen LogP contribution >= 0.6 is 23.2 Å². The molecule has 0 fully saturated rings. The van der Waals surface area contributed by atoms with Gasteiger partial charge in [0.2, 0.25) is 5.71 Å². The Kier molecular flexibility index (Phi) is 2.96. The van der Waals surface area contributed by atoms with Gasteiger partial charge < -0.3 is 4.84 Å². The number of halogens is 2. The molecule has 0 N–H and O–H groups in total. The first kappa shape index (κ1) is 11.9. The molecule has 1 aliphatic carbocycles. The SMILES string of the molecule is [O-][N+]1=C2CCCC=C2C(c2ccc(Cl)cc2Cl)O1. The Balaban J connectivity index is 2.02. The normalized spacial score (nSPS) is 22.6. The molecule has 0 bridgehead atoms. The van der Waals surface area contributed by atoms with Crippen molar-refractivity contribution in [1.29, 1.82) is 0 Å². The van der Waals surface area contributed by atoms with E-state index in [2.05, 4.69) is 6.08 Å². The average Bonchev–Trinajstić information content (AvgIpc) is 2.68. The molecule has 1 atom stereocenters. The Labute approximate surface area is 115 Å². The molecule has 0 radical (unpaired) electrons. The Morgan fingerprint density at radius 1 is 1.33 bits per heavy atom. The summed E-state index contributed by atoms with van der Waals surface area (Å²) in [5, 5.41) is 12.8. The van der Waals surface area contributed by atoms with E-state index in [1.54, 1.807) is 12.1 Å². The number of benzene rings is 1. The van der Waals surface area contributed by atoms with Gasteiger partial charge in [0.25, 0.3) is 0 Å². The van der Waals surface area contributed by atoms with Gasteiger partial charge in [0, 0.05) is 26.9 Å². The van der Waals surface area contributed by atoms with Crippen LogP contribution in [-0.2, 0) is 4.84 Å². The van der Waals surface area contributed by atoms with E-state index >= 15 is 0 Å². The largest absolute Gasteiger partial charge is 0.390 e. The van der Waals surface area contributed by atoms with Gasteiger partial charge in [0.1, 0.15) is 6.10 Å². The molecule has 0 spiro atoms. The fourth-order valence-electron chi connectivity index (χ4n) is 2.40. The lowest BCUT2D eigenvalue weighted by atomic mass is 9.91. The molecule has 1 unspecified atom stereocenters. The molecule has 0 amide bonds. The summed E-state index contributed by atoms with van der Waals surface area (Å²) in [4.78, 5) is 5.99. The van der Waals surface area contributed by atoms with Crippen LogP contribution in [-0.4, -0.2) is 10.6 Å². The summed E-state index contributed by atoms with van der Waals surface area (Å²) < 4.78 is 0. The lowest BCUT2D eigenvalue weighted by Crippen LogP contribution is -2.11. The monoisotopic (exact) mass is 283 g/mol. The fraction of sp³-hybridized carbons (Fsp3) is 0.308. The van der Waals surface area contributed by atoms with Gasteiger partial charge in [-0.2, -0.15) is 0 Å². The quantitative estimate of drug-likeness (QED) is 0.729. The van der Waals surface area contributed by atoms with Gasteiger partial charge in [-0.1, -0.05) is 35.3 Å². The van der Waals surface area contributed by atoms with Crippen molar-refractivity contribution in [2.45, 2.75) is 25.4 Å². The Hall–Kier alpha value is -1.19. The van der Waals surface area contributed by atoms with Crippen LogP contribution in [0.5, 0.6) is 0 Å². The van der Waals surface area contributed by atoms with Crippen LogP contribution in [0.2, 0.25) is 10.0 Å². The number of hydrogen-bond acceptors (Lipinski definition) is 2. The number of rotatable bonds is 1. The number of hydrogen-bond donors (Lipinski definition) is 0. The first-order valence-electron chi connectivity index (χ1n) is 5.82. The molecule has 3 rings (SSSR count). The van der Waals surface area contributed by atoms with Crippen LogP contribution in [0.1, 0.15) is 30.9 Å². The summed E-state index contributed by atoms with van der Waals surface area (Å²) in [6.45, 7) is 0. The van der Waals surface area contributed by atoms with Crippen molar-refractivity contribution in [3.8, 4) is 0 Å². The van der Waals surface area contributed by atoms with Crippen molar-refractivity contribution in [3.05, 3.63) is 50.7 Å². The van der Waals surface area contributed by atoms with E-state index in [1.807, 2.05) is 6.07 Å². The second kappa shape index (κ2) is 4.48. The van der Waals surface area contributed by atoms with Gasteiger partial charge in [-0.25, -0.2) is 0 Å². The third-order valence-electron chi connectivity index (χ3n) is 3.26. The van der Waals surface area contributed by atoms with Gasteiger partial charge in [-0.15, -0.1) is 0 Å². The standard InChI is InChI=1S/C13H11Cl2NO2/c14-8-5-6-9(11(15)7-8)13-10-3-1-2-4-12(10)16(17)18-13/h3,5-7,13H,1-2,4H2. The third kappa shape index (κ3) is 1.88. The van der Waals surface area contributed by atoms with E-state index in [9.17, 15) is 5.21 Å². The highest BCUT2D eigenvalue weighted by Gasteiger charge is 2.36. The van der Waals surface area contributed by atoms with E-state index in [4.69, 9.17) is 28.0 Å². The minimum atomic E-state index is -0.400. The summed E-state index contributed by atoms with van der Waals surface area (Å²) in [5.74, 6) is 0. The molecule has 18 heavy (non-hydrogen) atoms. The summed E-state index contributed by atoms with van der Waals surface area (Å²) in [6.07, 6.45) is 4.38. The minimum Gasteiger partial charge on any atom is -0.390 e. The molecule has 1 aliphatic heterocycles.